The van der Waals surface area contributed by atoms with E-state index in [2.05, 4.69) is 9.97 Å². The Labute approximate surface area is 124 Å². The molecule has 5 heteroatoms. The van der Waals surface area contributed by atoms with Crippen LogP contribution >= 0.6 is 0 Å². The van der Waals surface area contributed by atoms with Crippen LogP contribution in [0.3, 0.4) is 0 Å². The molecule has 0 N–H and O–H groups in total. The highest BCUT2D eigenvalue weighted by Gasteiger charge is 2.31. The predicted molar refractivity (Wildman–Crippen MR) is 81.2 cm³/mol. The molecule has 110 valence electrons. The summed E-state index contributed by atoms with van der Waals surface area (Å²) in [5.74, 6) is 0.596. The summed E-state index contributed by atoms with van der Waals surface area (Å²) in [5, 5.41) is 0. The molecule has 0 bridgehead atoms. The van der Waals surface area contributed by atoms with Crippen LogP contribution in [0.4, 0.5) is 5.82 Å². The fraction of sp³-hybridized carbons (Fsp3) is 0.438. The van der Waals surface area contributed by atoms with Crippen LogP contribution in [0.5, 0.6) is 0 Å². The number of esters is 1. The van der Waals surface area contributed by atoms with Crippen molar-refractivity contribution in [3.8, 4) is 0 Å². The van der Waals surface area contributed by atoms with Crippen LogP contribution in [0.2, 0.25) is 0 Å². The first kappa shape index (κ1) is 13.8. The van der Waals surface area contributed by atoms with Crippen molar-refractivity contribution >= 4 is 22.8 Å². The Balaban J connectivity index is 1.92. The number of aromatic nitrogens is 2. The molecule has 1 saturated heterocycles. The summed E-state index contributed by atoms with van der Waals surface area (Å²) in [6.45, 7) is 3.06. The van der Waals surface area contributed by atoms with Gasteiger partial charge in [0, 0.05) is 6.54 Å². The number of piperidine rings is 1. The number of para-hydroxylation sites is 2. The van der Waals surface area contributed by atoms with Gasteiger partial charge in [0.15, 0.2) is 0 Å². The highest BCUT2D eigenvalue weighted by molar-refractivity contribution is 5.81. The molecule has 0 spiro atoms. The first-order valence-corrected chi connectivity index (χ1v) is 7.44. The molecule has 0 amide bonds. The van der Waals surface area contributed by atoms with Gasteiger partial charge in [-0.15, -0.1) is 0 Å². The zero-order valence-corrected chi connectivity index (χ0v) is 12.2. The van der Waals surface area contributed by atoms with E-state index < -0.39 is 0 Å². The Morgan fingerprint density at radius 1 is 1.33 bits per heavy atom. The quantitative estimate of drug-likeness (QED) is 0.811. The van der Waals surface area contributed by atoms with Gasteiger partial charge >= 0.3 is 5.97 Å². The number of anilines is 1. The second-order valence-electron chi connectivity index (χ2n) is 5.17. The predicted octanol–water partition coefficient (Wildman–Crippen LogP) is 2.55. The van der Waals surface area contributed by atoms with Gasteiger partial charge in [-0.25, -0.2) is 9.78 Å². The number of fused-ring (bicyclic) bond motifs is 1. The molecular weight excluding hydrogens is 266 g/mol. The Hall–Kier alpha value is -2.17. The average molecular weight is 285 g/mol. The minimum Gasteiger partial charge on any atom is -0.464 e. The average Bonchev–Trinajstić information content (AvgIpc) is 2.54. The van der Waals surface area contributed by atoms with Crippen LogP contribution in [-0.2, 0) is 9.53 Å². The highest BCUT2D eigenvalue weighted by Crippen LogP contribution is 2.25. The third-order valence-corrected chi connectivity index (χ3v) is 3.79. The molecule has 0 saturated carbocycles. The largest absolute Gasteiger partial charge is 0.464 e. The van der Waals surface area contributed by atoms with Gasteiger partial charge in [-0.2, -0.15) is 0 Å². The lowest BCUT2D eigenvalue weighted by molar-refractivity contribution is -0.145. The second kappa shape index (κ2) is 6.08. The zero-order chi connectivity index (χ0) is 14.7. The highest BCUT2D eigenvalue weighted by atomic mass is 16.5. The van der Waals surface area contributed by atoms with E-state index in [1.54, 1.807) is 6.20 Å². The van der Waals surface area contributed by atoms with E-state index in [0.29, 0.717) is 6.61 Å². The van der Waals surface area contributed by atoms with E-state index >= 15 is 0 Å². The Bertz CT molecular complexity index is 644. The summed E-state index contributed by atoms with van der Waals surface area (Å²) in [5.41, 5.74) is 1.72. The van der Waals surface area contributed by atoms with Crippen molar-refractivity contribution in [1.29, 1.82) is 0 Å². The number of ether oxygens (including phenoxy) is 1. The van der Waals surface area contributed by atoms with Gasteiger partial charge in [0.25, 0.3) is 0 Å². The van der Waals surface area contributed by atoms with Gasteiger partial charge in [-0.3, -0.25) is 4.98 Å². The molecule has 1 aliphatic rings. The van der Waals surface area contributed by atoms with Crippen molar-refractivity contribution < 1.29 is 9.53 Å². The summed E-state index contributed by atoms with van der Waals surface area (Å²) in [4.78, 5) is 23.2. The number of benzene rings is 1. The Morgan fingerprint density at radius 2 is 2.14 bits per heavy atom. The van der Waals surface area contributed by atoms with E-state index in [1.165, 1.54) is 0 Å². The lowest BCUT2D eigenvalue weighted by Crippen LogP contribution is -2.46. The van der Waals surface area contributed by atoms with E-state index in [4.69, 9.17) is 4.74 Å². The summed E-state index contributed by atoms with van der Waals surface area (Å²) < 4.78 is 5.19. The van der Waals surface area contributed by atoms with Gasteiger partial charge in [0.2, 0.25) is 0 Å². The zero-order valence-electron chi connectivity index (χ0n) is 12.2. The van der Waals surface area contributed by atoms with Crippen LogP contribution in [0.1, 0.15) is 26.2 Å². The lowest BCUT2D eigenvalue weighted by atomic mass is 10.0. The summed E-state index contributed by atoms with van der Waals surface area (Å²) in [6.07, 6.45) is 4.67. The van der Waals surface area contributed by atoms with Crippen molar-refractivity contribution in [3.63, 3.8) is 0 Å². The Morgan fingerprint density at radius 3 is 2.95 bits per heavy atom. The molecule has 1 atom stereocenters. The number of rotatable bonds is 3. The van der Waals surface area contributed by atoms with Gasteiger partial charge in [-0.1, -0.05) is 12.1 Å². The smallest absolute Gasteiger partial charge is 0.328 e. The van der Waals surface area contributed by atoms with E-state index in [0.717, 1.165) is 42.7 Å². The standard InChI is InChI=1S/C16H19N3O2/c1-2-21-16(20)14-9-5-6-10-19(14)15-11-17-12-7-3-4-8-13(12)18-15/h3-4,7-8,11,14H,2,5-6,9-10H2,1H3. The second-order valence-corrected chi connectivity index (χ2v) is 5.17. The van der Waals surface area contributed by atoms with Crippen LogP contribution in [-0.4, -0.2) is 35.1 Å². The monoisotopic (exact) mass is 285 g/mol. The van der Waals surface area contributed by atoms with Crippen LogP contribution < -0.4 is 4.90 Å². The van der Waals surface area contributed by atoms with Crippen LogP contribution in [0, 0.1) is 0 Å². The first-order valence-electron chi connectivity index (χ1n) is 7.44. The SMILES string of the molecule is CCOC(=O)C1CCCCN1c1cnc2ccccc2n1. The van der Waals surface area contributed by atoms with Gasteiger partial charge in [-0.05, 0) is 38.3 Å². The van der Waals surface area contributed by atoms with Crippen LogP contribution in [0.25, 0.3) is 11.0 Å². The van der Waals surface area contributed by atoms with Crippen molar-refractivity contribution in [2.45, 2.75) is 32.2 Å². The molecule has 1 aliphatic heterocycles. The van der Waals surface area contributed by atoms with Crippen molar-refractivity contribution in [3.05, 3.63) is 30.5 Å². The summed E-state index contributed by atoms with van der Waals surface area (Å²) in [6, 6.07) is 7.52. The molecule has 0 radical (unpaired) electrons. The van der Waals surface area contributed by atoms with Gasteiger partial charge in [0.05, 0.1) is 23.8 Å². The molecule has 2 aromatic rings. The number of carbonyl (C=O) groups is 1. The van der Waals surface area contributed by atoms with Gasteiger partial charge < -0.3 is 9.64 Å². The molecular formula is C16H19N3O2. The number of carbonyl (C=O) groups excluding carboxylic acids is 1. The third-order valence-electron chi connectivity index (χ3n) is 3.79. The molecule has 0 aliphatic carbocycles. The number of hydrogen-bond donors (Lipinski definition) is 0. The number of nitrogens with zero attached hydrogens (tertiary/aromatic N) is 3. The topological polar surface area (TPSA) is 55.3 Å². The van der Waals surface area contributed by atoms with Crippen molar-refractivity contribution in [2.75, 3.05) is 18.1 Å². The lowest BCUT2D eigenvalue weighted by Gasteiger charge is -2.34. The molecule has 5 nitrogen and oxygen atoms in total. The van der Waals surface area contributed by atoms with Crippen molar-refractivity contribution in [1.82, 2.24) is 9.97 Å². The van der Waals surface area contributed by atoms with E-state index in [-0.39, 0.29) is 12.0 Å². The van der Waals surface area contributed by atoms with Crippen molar-refractivity contribution in [2.24, 2.45) is 0 Å². The normalized spacial score (nSPS) is 18.7. The van der Waals surface area contributed by atoms with Gasteiger partial charge in [0.1, 0.15) is 11.9 Å². The van der Waals surface area contributed by atoms with E-state index in [9.17, 15) is 4.79 Å². The summed E-state index contributed by atoms with van der Waals surface area (Å²) >= 11 is 0. The molecule has 1 fully saturated rings. The molecule has 2 heterocycles. The first-order chi connectivity index (χ1) is 10.3. The fourth-order valence-corrected chi connectivity index (χ4v) is 2.78. The fourth-order valence-electron chi connectivity index (χ4n) is 2.78. The Kier molecular flexibility index (Phi) is 3.99. The van der Waals surface area contributed by atoms with E-state index in [1.807, 2.05) is 36.1 Å². The maximum Gasteiger partial charge on any atom is 0.328 e. The molecule has 1 aromatic carbocycles. The van der Waals surface area contributed by atoms with Crippen LogP contribution in [0.15, 0.2) is 30.5 Å². The third kappa shape index (κ3) is 2.82. The number of hydrogen-bond acceptors (Lipinski definition) is 5. The minimum absolute atomic E-state index is 0.160. The molecule has 1 aromatic heterocycles. The minimum atomic E-state index is -0.242. The maximum atomic E-state index is 12.1. The maximum absolute atomic E-state index is 12.1. The molecule has 3 rings (SSSR count). The summed E-state index contributed by atoms with van der Waals surface area (Å²) in [7, 11) is 0. The molecule has 1 unspecified atom stereocenters. The molecule has 21 heavy (non-hydrogen) atoms.